The Kier molecular flexibility index (Phi) is 5.95. The van der Waals surface area contributed by atoms with Crippen molar-refractivity contribution < 1.29 is 9.66 Å². The molecule has 0 aliphatic carbocycles. The fourth-order valence-corrected chi connectivity index (χ4v) is 2.62. The molecule has 0 aromatic heterocycles. The van der Waals surface area contributed by atoms with Crippen LogP contribution in [0.1, 0.15) is 24.8 Å². The molecule has 1 fully saturated rings. The summed E-state index contributed by atoms with van der Waals surface area (Å²) in [7, 11) is 1.82. The molecule has 2 rings (SSSR count). The molecule has 0 spiro atoms. The van der Waals surface area contributed by atoms with Gasteiger partial charge in [-0.3, -0.25) is 15.0 Å². The van der Waals surface area contributed by atoms with E-state index < -0.39 is 0 Å². The highest BCUT2D eigenvalue weighted by molar-refractivity contribution is 5.43. The summed E-state index contributed by atoms with van der Waals surface area (Å²) in [6.07, 6.45) is 3.86. The van der Waals surface area contributed by atoms with E-state index in [9.17, 15) is 10.1 Å². The molecule has 6 nitrogen and oxygen atoms in total. The van der Waals surface area contributed by atoms with E-state index in [2.05, 4.69) is 10.2 Å². The van der Waals surface area contributed by atoms with Gasteiger partial charge in [-0.2, -0.15) is 0 Å². The minimum Gasteiger partial charge on any atom is -0.492 e. The van der Waals surface area contributed by atoms with Crippen molar-refractivity contribution in [2.24, 2.45) is 0 Å². The van der Waals surface area contributed by atoms with Gasteiger partial charge < -0.3 is 10.1 Å². The van der Waals surface area contributed by atoms with Crippen LogP contribution in [-0.2, 0) is 6.54 Å². The van der Waals surface area contributed by atoms with Gasteiger partial charge in [-0.05, 0) is 39.0 Å². The minimum absolute atomic E-state index is 0.101. The van der Waals surface area contributed by atoms with E-state index in [1.54, 1.807) is 12.1 Å². The van der Waals surface area contributed by atoms with Gasteiger partial charge in [-0.1, -0.05) is 6.42 Å². The number of non-ortho nitro benzene ring substituents is 1. The van der Waals surface area contributed by atoms with Gasteiger partial charge >= 0.3 is 0 Å². The number of nitrogens with zero attached hydrogens (tertiary/aromatic N) is 2. The average molecular weight is 293 g/mol. The normalized spacial score (nSPS) is 15.9. The number of hydrogen-bond acceptors (Lipinski definition) is 5. The van der Waals surface area contributed by atoms with Crippen LogP contribution in [0.25, 0.3) is 0 Å². The maximum Gasteiger partial charge on any atom is 0.270 e. The summed E-state index contributed by atoms with van der Waals surface area (Å²) >= 11 is 0. The summed E-state index contributed by atoms with van der Waals surface area (Å²) in [4.78, 5) is 12.9. The Labute approximate surface area is 125 Å². The molecule has 1 saturated heterocycles. The first-order valence-corrected chi connectivity index (χ1v) is 7.48. The average Bonchev–Trinajstić information content (AvgIpc) is 2.50. The highest BCUT2D eigenvalue weighted by atomic mass is 16.6. The van der Waals surface area contributed by atoms with Crippen LogP contribution < -0.4 is 10.1 Å². The largest absolute Gasteiger partial charge is 0.492 e. The van der Waals surface area contributed by atoms with Crippen LogP contribution >= 0.6 is 0 Å². The lowest BCUT2D eigenvalue weighted by Gasteiger charge is -2.26. The Balaban J connectivity index is 1.93. The summed E-state index contributed by atoms with van der Waals surface area (Å²) < 4.78 is 5.82. The summed E-state index contributed by atoms with van der Waals surface area (Å²) in [5, 5.41) is 13.8. The second-order valence-corrected chi connectivity index (χ2v) is 5.33. The fraction of sp³-hybridized carbons (Fsp3) is 0.600. The van der Waals surface area contributed by atoms with Crippen LogP contribution in [-0.4, -0.2) is 43.1 Å². The third-order valence-electron chi connectivity index (χ3n) is 3.74. The SMILES string of the molecule is CNCc1cc([N+](=O)[O-])ccc1OCCN1CCCCC1. The van der Waals surface area contributed by atoms with E-state index in [1.165, 1.54) is 25.3 Å². The molecule has 0 bridgehead atoms. The number of benzene rings is 1. The molecule has 0 unspecified atom stereocenters. The summed E-state index contributed by atoms with van der Waals surface area (Å²) in [5.74, 6) is 0.729. The van der Waals surface area contributed by atoms with Crippen LogP contribution in [0, 0.1) is 10.1 Å². The van der Waals surface area contributed by atoms with Crippen LogP contribution in [0.5, 0.6) is 5.75 Å². The second kappa shape index (κ2) is 7.95. The third kappa shape index (κ3) is 4.68. The molecule has 1 aromatic rings. The molecule has 0 amide bonds. The Morgan fingerprint density at radius 1 is 1.33 bits per heavy atom. The zero-order valence-corrected chi connectivity index (χ0v) is 12.5. The van der Waals surface area contributed by atoms with E-state index >= 15 is 0 Å². The monoisotopic (exact) mass is 293 g/mol. The quantitative estimate of drug-likeness (QED) is 0.616. The zero-order chi connectivity index (χ0) is 15.1. The number of rotatable bonds is 7. The molecular weight excluding hydrogens is 270 g/mol. The van der Waals surface area contributed by atoms with Crippen molar-refractivity contribution in [2.75, 3.05) is 33.3 Å². The van der Waals surface area contributed by atoms with Crippen molar-refractivity contribution >= 4 is 5.69 Å². The molecular formula is C15H23N3O3. The number of piperidine rings is 1. The Bertz CT molecular complexity index is 473. The molecule has 1 aliphatic heterocycles. The maximum atomic E-state index is 10.8. The highest BCUT2D eigenvalue weighted by Crippen LogP contribution is 2.24. The first kappa shape index (κ1) is 15.7. The maximum absolute atomic E-state index is 10.8. The van der Waals surface area contributed by atoms with E-state index in [0.717, 1.165) is 30.9 Å². The minimum atomic E-state index is -0.378. The lowest BCUT2D eigenvalue weighted by atomic mass is 10.1. The second-order valence-electron chi connectivity index (χ2n) is 5.33. The van der Waals surface area contributed by atoms with Gasteiger partial charge in [0.05, 0.1) is 4.92 Å². The van der Waals surface area contributed by atoms with Gasteiger partial charge in [0.2, 0.25) is 0 Å². The van der Waals surface area contributed by atoms with Gasteiger partial charge in [-0.15, -0.1) is 0 Å². The third-order valence-corrected chi connectivity index (χ3v) is 3.74. The standard InChI is InChI=1S/C15H23N3O3/c1-16-12-13-11-14(18(19)20)5-6-15(13)21-10-9-17-7-3-2-4-8-17/h5-6,11,16H,2-4,7-10,12H2,1H3. The van der Waals surface area contributed by atoms with Crippen molar-refractivity contribution in [1.82, 2.24) is 10.2 Å². The number of nitro benzene ring substituents is 1. The Morgan fingerprint density at radius 2 is 2.10 bits per heavy atom. The summed E-state index contributed by atoms with van der Waals surface area (Å²) in [6.45, 7) is 4.38. The smallest absolute Gasteiger partial charge is 0.270 e. The fourth-order valence-electron chi connectivity index (χ4n) is 2.62. The van der Waals surface area contributed by atoms with Gasteiger partial charge in [0.1, 0.15) is 12.4 Å². The van der Waals surface area contributed by atoms with Crippen molar-refractivity contribution in [3.05, 3.63) is 33.9 Å². The molecule has 0 atom stereocenters. The number of nitro groups is 1. The van der Waals surface area contributed by atoms with E-state index in [1.807, 2.05) is 7.05 Å². The van der Waals surface area contributed by atoms with Crippen molar-refractivity contribution in [3.8, 4) is 5.75 Å². The van der Waals surface area contributed by atoms with Gasteiger partial charge in [0.25, 0.3) is 5.69 Å². The molecule has 116 valence electrons. The van der Waals surface area contributed by atoms with Crippen LogP contribution in [0.2, 0.25) is 0 Å². The zero-order valence-electron chi connectivity index (χ0n) is 12.5. The molecule has 0 radical (unpaired) electrons. The van der Waals surface area contributed by atoms with Crippen LogP contribution in [0.15, 0.2) is 18.2 Å². The predicted octanol–water partition coefficient (Wildman–Crippen LogP) is 2.18. The molecule has 6 heteroatoms. The molecule has 1 N–H and O–H groups in total. The van der Waals surface area contributed by atoms with Crippen LogP contribution in [0.3, 0.4) is 0 Å². The number of nitrogens with one attached hydrogen (secondary N) is 1. The number of hydrogen-bond donors (Lipinski definition) is 1. The molecule has 1 aromatic carbocycles. The first-order valence-electron chi connectivity index (χ1n) is 7.48. The number of ether oxygens (including phenoxy) is 1. The van der Waals surface area contributed by atoms with Gasteiger partial charge in [0.15, 0.2) is 0 Å². The van der Waals surface area contributed by atoms with E-state index in [0.29, 0.717) is 13.2 Å². The van der Waals surface area contributed by atoms with Gasteiger partial charge in [0, 0.05) is 30.8 Å². The predicted molar refractivity (Wildman–Crippen MR) is 81.6 cm³/mol. The Morgan fingerprint density at radius 3 is 2.76 bits per heavy atom. The van der Waals surface area contributed by atoms with Crippen molar-refractivity contribution in [3.63, 3.8) is 0 Å². The lowest BCUT2D eigenvalue weighted by Crippen LogP contribution is -2.33. The molecule has 21 heavy (non-hydrogen) atoms. The summed E-state index contributed by atoms with van der Waals surface area (Å²) in [5.41, 5.74) is 0.925. The van der Waals surface area contributed by atoms with E-state index in [4.69, 9.17) is 4.74 Å². The molecule has 1 aliphatic rings. The number of likely N-dealkylation sites (tertiary alicyclic amines) is 1. The van der Waals surface area contributed by atoms with E-state index in [-0.39, 0.29) is 10.6 Å². The van der Waals surface area contributed by atoms with Crippen molar-refractivity contribution in [1.29, 1.82) is 0 Å². The Hall–Kier alpha value is -1.66. The molecule has 0 saturated carbocycles. The van der Waals surface area contributed by atoms with Crippen molar-refractivity contribution in [2.45, 2.75) is 25.8 Å². The summed E-state index contributed by atoms with van der Waals surface area (Å²) in [6, 6.07) is 4.77. The topological polar surface area (TPSA) is 67.6 Å². The lowest BCUT2D eigenvalue weighted by molar-refractivity contribution is -0.384. The molecule has 1 heterocycles. The van der Waals surface area contributed by atoms with Gasteiger partial charge in [-0.25, -0.2) is 0 Å². The highest BCUT2D eigenvalue weighted by Gasteiger charge is 2.13. The van der Waals surface area contributed by atoms with Crippen LogP contribution in [0.4, 0.5) is 5.69 Å². The first-order chi connectivity index (χ1) is 10.2.